The first kappa shape index (κ1) is 10.9. The maximum Gasteiger partial charge on any atom is 0.135 e. The Morgan fingerprint density at radius 2 is 2.12 bits per heavy atom. The van der Waals surface area contributed by atoms with Crippen LogP contribution in [0, 0.1) is 0 Å². The molecule has 1 atom stereocenters. The first-order valence-corrected chi connectivity index (χ1v) is 6.28. The van der Waals surface area contributed by atoms with Crippen molar-refractivity contribution in [2.75, 3.05) is 32.0 Å². The molecule has 0 radical (unpaired) electrons. The van der Waals surface area contributed by atoms with Crippen molar-refractivity contribution in [3.05, 3.63) is 17.1 Å². The van der Waals surface area contributed by atoms with Crippen molar-refractivity contribution in [1.82, 2.24) is 15.3 Å². The number of nitrogens with one attached hydrogen (secondary N) is 1. The minimum atomic E-state index is 0.423. The number of fused-ring (bicyclic) bond motifs is 1. The fourth-order valence-corrected chi connectivity index (χ4v) is 2.55. The van der Waals surface area contributed by atoms with E-state index in [-0.39, 0.29) is 0 Å². The zero-order chi connectivity index (χ0) is 11.7. The van der Waals surface area contributed by atoms with E-state index in [1.54, 1.807) is 0 Å². The van der Waals surface area contributed by atoms with Crippen LogP contribution in [0.1, 0.15) is 29.4 Å². The molecule has 2 aliphatic rings. The van der Waals surface area contributed by atoms with E-state index in [1.807, 2.05) is 0 Å². The largest absolute Gasteiger partial charge is 0.383 e. The summed E-state index contributed by atoms with van der Waals surface area (Å²) in [5.74, 6) is 1.99. The first-order valence-electron chi connectivity index (χ1n) is 6.28. The van der Waals surface area contributed by atoms with E-state index in [4.69, 9.17) is 15.5 Å². The Bertz CT molecular complexity index is 415. The average Bonchev–Trinajstić information content (AvgIpc) is 2.75. The molecule has 5 heteroatoms. The summed E-state index contributed by atoms with van der Waals surface area (Å²) in [5, 5.41) is 3.34. The maximum atomic E-state index is 6.05. The van der Waals surface area contributed by atoms with E-state index in [0.717, 1.165) is 62.6 Å². The zero-order valence-electron chi connectivity index (χ0n) is 9.91. The number of nitrogens with zero attached hydrogens (tertiary/aromatic N) is 2. The fraction of sp³-hybridized carbons (Fsp3) is 0.667. The molecule has 2 aliphatic heterocycles. The molecule has 3 rings (SSSR count). The lowest BCUT2D eigenvalue weighted by Gasteiger charge is -2.13. The molecule has 1 aromatic heterocycles. The second-order valence-corrected chi connectivity index (χ2v) is 4.69. The van der Waals surface area contributed by atoms with Crippen LogP contribution < -0.4 is 11.1 Å². The molecule has 1 fully saturated rings. The molecular weight excluding hydrogens is 216 g/mol. The van der Waals surface area contributed by atoms with Crippen molar-refractivity contribution in [3.8, 4) is 0 Å². The highest BCUT2D eigenvalue weighted by Gasteiger charge is 2.22. The number of rotatable bonds is 1. The van der Waals surface area contributed by atoms with Crippen LogP contribution in [0.2, 0.25) is 0 Å². The van der Waals surface area contributed by atoms with Gasteiger partial charge in [0.05, 0.1) is 18.9 Å². The number of anilines is 1. The number of hydrogen-bond acceptors (Lipinski definition) is 5. The summed E-state index contributed by atoms with van der Waals surface area (Å²) in [7, 11) is 0. The Morgan fingerprint density at radius 3 is 2.94 bits per heavy atom. The van der Waals surface area contributed by atoms with Crippen molar-refractivity contribution in [3.63, 3.8) is 0 Å². The standard InChI is InChI=1S/C12H18N4O/c13-11-9-2-5-17-6-3-10(9)15-12(16-11)8-1-4-14-7-8/h8,14H,1-7H2,(H2,13,15,16). The second kappa shape index (κ2) is 4.58. The van der Waals surface area contributed by atoms with Crippen LogP contribution in [0.4, 0.5) is 5.82 Å². The van der Waals surface area contributed by atoms with Gasteiger partial charge in [0.25, 0.3) is 0 Å². The van der Waals surface area contributed by atoms with E-state index < -0.39 is 0 Å². The molecule has 3 N–H and O–H groups in total. The van der Waals surface area contributed by atoms with Gasteiger partial charge in [0.2, 0.25) is 0 Å². The molecule has 3 heterocycles. The Hall–Kier alpha value is -1.20. The van der Waals surface area contributed by atoms with Gasteiger partial charge >= 0.3 is 0 Å². The molecule has 5 nitrogen and oxygen atoms in total. The highest BCUT2D eigenvalue weighted by Crippen LogP contribution is 2.24. The van der Waals surface area contributed by atoms with Gasteiger partial charge in [0.15, 0.2) is 0 Å². The molecule has 0 aliphatic carbocycles. The minimum absolute atomic E-state index is 0.423. The smallest absolute Gasteiger partial charge is 0.135 e. The first-order chi connectivity index (χ1) is 8.34. The van der Waals surface area contributed by atoms with Crippen LogP contribution in [0.15, 0.2) is 0 Å². The summed E-state index contributed by atoms with van der Waals surface area (Å²) in [6.07, 6.45) is 2.80. The van der Waals surface area contributed by atoms with Crippen LogP contribution in [0.3, 0.4) is 0 Å². The van der Waals surface area contributed by atoms with Gasteiger partial charge in [0, 0.05) is 30.9 Å². The molecule has 0 spiro atoms. The van der Waals surface area contributed by atoms with Gasteiger partial charge in [-0.2, -0.15) is 0 Å². The predicted octanol–water partition coefficient (Wildman–Crippen LogP) is 0.251. The van der Waals surface area contributed by atoms with E-state index >= 15 is 0 Å². The van der Waals surface area contributed by atoms with E-state index in [0.29, 0.717) is 11.7 Å². The highest BCUT2D eigenvalue weighted by molar-refractivity contribution is 5.43. The Labute approximate surface area is 101 Å². The summed E-state index contributed by atoms with van der Waals surface area (Å²) < 4.78 is 5.46. The van der Waals surface area contributed by atoms with Gasteiger partial charge in [-0.25, -0.2) is 9.97 Å². The van der Waals surface area contributed by atoms with Crippen molar-refractivity contribution < 1.29 is 4.74 Å². The van der Waals surface area contributed by atoms with Gasteiger partial charge < -0.3 is 15.8 Å². The third-order valence-corrected chi connectivity index (χ3v) is 3.55. The minimum Gasteiger partial charge on any atom is -0.383 e. The lowest BCUT2D eigenvalue weighted by Crippen LogP contribution is -2.14. The van der Waals surface area contributed by atoms with Crippen LogP contribution in [0.5, 0.6) is 0 Å². The number of nitrogens with two attached hydrogens (primary N) is 1. The maximum absolute atomic E-state index is 6.05. The van der Waals surface area contributed by atoms with E-state index in [1.165, 1.54) is 0 Å². The molecule has 1 unspecified atom stereocenters. The molecule has 0 saturated carbocycles. The SMILES string of the molecule is Nc1nc(C2CCNC2)nc2c1CCOCC2. The molecule has 0 aromatic carbocycles. The van der Waals surface area contributed by atoms with Gasteiger partial charge in [0.1, 0.15) is 11.6 Å². The van der Waals surface area contributed by atoms with Crippen LogP contribution in [0.25, 0.3) is 0 Å². The highest BCUT2D eigenvalue weighted by atomic mass is 16.5. The van der Waals surface area contributed by atoms with E-state index in [2.05, 4.69) is 10.3 Å². The van der Waals surface area contributed by atoms with Crippen LogP contribution in [-0.4, -0.2) is 36.3 Å². The van der Waals surface area contributed by atoms with Crippen molar-refractivity contribution in [1.29, 1.82) is 0 Å². The predicted molar refractivity (Wildman–Crippen MR) is 64.9 cm³/mol. The Balaban J connectivity index is 1.96. The summed E-state index contributed by atoms with van der Waals surface area (Å²) in [5.41, 5.74) is 8.24. The lowest BCUT2D eigenvalue weighted by molar-refractivity contribution is 0.146. The fourth-order valence-electron chi connectivity index (χ4n) is 2.55. The van der Waals surface area contributed by atoms with Gasteiger partial charge in [-0.05, 0) is 13.0 Å². The molecule has 92 valence electrons. The Kier molecular flexibility index (Phi) is 2.94. The number of aromatic nitrogens is 2. The number of nitrogen functional groups attached to an aromatic ring is 1. The van der Waals surface area contributed by atoms with Gasteiger partial charge in [-0.1, -0.05) is 0 Å². The third-order valence-electron chi connectivity index (χ3n) is 3.55. The summed E-state index contributed by atoms with van der Waals surface area (Å²) >= 11 is 0. The monoisotopic (exact) mass is 234 g/mol. The summed E-state index contributed by atoms with van der Waals surface area (Å²) in [4.78, 5) is 9.19. The van der Waals surface area contributed by atoms with Gasteiger partial charge in [-0.3, -0.25) is 0 Å². The molecular formula is C12H18N4O. The lowest BCUT2D eigenvalue weighted by atomic mass is 10.1. The third kappa shape index (κ3) is 2.12. The molecule has 0 bridgehead atoms. The second-order valence-electron chi connectivity index (χ2n) is 4.69. The van der Waals surface area contributed by atoms with Crippen molar-refractivity contribution >= 4 is 5.82 Å². The normalized spacial score (nSPS) is 24.4. The zero-order valence-corrected chi connectivity index (χ0v) is 9.91. The molecule has 1 saturated heterocycles. The summed E-state index contributed by atoms with van der Waals surface area (Å²) in [6, 6.07) is 0. The molecule has 1 aromatic rings. The van der Waals surface area contributed by atoms with Crippen molar-refractivity contribution in [2.24, 2.45) is 0 Å². The topological polar surface area (TPSA) is 73.1 Å². The average molecular weight is 234 g/mol. The van der Waals surface area contributed by atoms with Crippen LogP contribution in [-0.2, 0) is 17.6 Å². The summed E-state index contributed by atoms with van der Waals surface area (Å²) in [6.45, 7) is 3.49. The number of ether oxygens (including phenoxy) is 1. The van der Waals surface area contributed by atoms with Crippen molar-refractivity contribution in [2.45, 2.75) is 25.2 Å². The van der Waals surface area contributed by atoms with E-state index in [9.17, 15) is 0 Å². The molecule has 0 amide bonds. The van der Waals surface area contributed by atoms with Gasteiger partial charge in [-0.15, -0.1) is 0 Å². The molecule has 17 heavy (non-hydrogen) atoms. The Morgan fingerprint density at radius 1 is 1.24 bits per heavy atom. The number of hydrogen-bond donors (Lipinski definition) is 2. The van der Waals surface area contributed by atoms with Crippen LogP contribution >= 0.6 is 0 Å². The quantitative estimate of drug-likeness (QED) is 0.728.